The lowest BCUT2D eigenvalue weighted by molar-refractivity contribution is -0.870. The Morgan fingerprint density at radius 1 is 0.356 bits per heavy atom. The van der Waals surface area contributed by atoms with Gasteiger partial charge in [-0.15, -0.1) is 0 Å². The van der Waals surface area contributed by atoms with Crippen molar-refractivity contribution in [3.63, 3.8) is 0 Å². The van der Waals surface area contributed by atoms with Crippen LogP contribution in [0.2, 0.25) is 0 Å². The number of quaternary nitrogens is 1. The van der Waals surface area contributed by atoms with E-state index in [2.05, 4.69) is 62.5 Å². The number of carbonyl (C=O) groups is 2. The molecule has 0 bridgehead atoms. The van der Waals surface area contributed by atoms with E-state index in [-0.39, 0.29) is 32.0 Å². The van der Waals surface area contributed by atoms with Gasteiger partial charge in [-0.25, -0.2) is 0 Å². The number of hydrogen-bond acceptors (Lipinski definition) is 8. The highest BCUT2D eigenvalue weighted by Gasteiger charge is 2.22. The SMILES string of the molecule is CC/C=C\C/C=C\C/C=C\C/C=C\CCCCCCCCCCCCCCCCCCCCCCC(=O)OC(COC(=O)CCCCCCCCCCCCCCCCCCCCCCCCCCCCCCCCCCC)COP(=O)([O-])OCC[N+](C)(C)C. The van der Waals surface area contributed by atoms with Crippen LogP contribution in [0.25, 0.3) is 0 Å². The van der Waals surface area contributed by atoms with Crippen molar-refractivity contribution in [3.05, 3.63) is 48.6 Å². The number of likely N-dealkylation sites (N-methyl/N-ethyl adjacent to an activating group) is 1. The number of allylic oxidation sites excluding steroid dienone is 8. The minimum absolute atomic E-state index is 0.0278. The molecule has 0 saturated heterocycles. The quantitative estimate of drug-likeness (QED) is 0.0195. The molecule has 0 aromatic rings. The van der Waals surface area contributed by atoms with Crippen LogP contribution in [0.1, 0.15) is 399 Å². The van der Waals surface area contributed by atoms with Gasteiger partial charge < -0.3 is 27.9 Å². The summed E-state index contributed by atoms with van der Waals surface area (Å²) in [4.78, 5) is 38.2. The molecule has 0 aliphatic heterocycles. The van der Waals surface area contributed by atoms with Crippen molar-refractivity contribution < 1.29 is 42.1 Å². The summed E-state index contributed by atoms with van der Waals surface area (Å²) in [6, 6.07) is 0. The minimum Gasteiger partial charge on any atom is -0.756 e. The van der Waals surface area contributed by atoms with E-state index in [0.29, 0.717) is 17.4 Å². The molecule has 0 radical (unpaired) electrons. The van der Waals surface area contributed by atoms with Gasteiger partial charge in [0.2, 0.25) is 0 Å². The van der Waals surface area contributed by atoms with Crippen LogP contribution in [0.15, 0.2) is 48.6 Å². The number of nitrogens with zero attached hydrogens (tertiary/aromatic N) is 1. The molecule has 90 heavy (non-hydrogen) atoms. The third-order valence-corrected chi connectivity index (χ3v) is 18.8. The molecule has 0 heterocycles. The summed E-state index contributed by atoms with van der Waals surface area (Å²) in [5.74, 6) is -0.808. The van der Waals surface area contributed by atoms with Gasteiger partial charge in [0.25, 0.3) is 7.82 Å². The maximum atomic E-state index is 12.9. The molecule has 0 amide bonds. The maximum absolute atomic E-state index is 12.9. The summed E-state index contributed by atoms with van der Waals surface area (Å²) < 4.78 is 34.4. The van der Waals surface area contributed by atoms with E-state index in [4.69, 9.17) is 18.5 Å². The maximum Gasteiger partial charge on any atom is 0.306 e. The fraction of sp³-hybridized carbons (Fsp3) is 0.875. The Balaban J connectivity index is 3.92. The van der Waals surface area contributed by atoms with Crippen molar-refractivity contribution in [3.8, 4) is 0 Å². The molecule has 0 N–H and O–H groups in total. The second kappa shape index (κ2) is 71.3. The lowest BCUT2D eigenvalue weighted by Crippen LogP contribution is -2.37. The summed E-state index contributed by atoms with van der Waals surface area (Å²) in [7, 11) is 1.19. The number of hydrogen-bond donors (Lipinski definition) is 0. The first-order valence-electron chi connectivity index (χ1n) is 39.3. The number of ether oxygens (including phenoxy) is 2. The van der Waals surface area contributed by atoms with Crippen LogP contribution in [-0.2, 0) is 32.7 Å². The first-order chi connectivity index (χ1) is 44.0. The molecule has 0 spiro atoms. The summed E-state index contributed by atoms with van der Waals surface area (Å²) in [6.45, 7) is 4.21. The van der Waals surface area contributed by atoms with E-state index < -0.39 is 26.5 Å². The topological polar surface area (TPSA) is 111 Å². The summed E-state index contributed by atoms with van der Waals surface area (Å²) >= 11 is 0. The van der Waals surface area contributed by atoms with Crippen molar-refractivity contribution >= 4 is 19.8 Å². The Labute approximate surface area is 560 Å². The van der Waals surface area contributed by atoms with Crippen LogP contribution in [0.4, 0.5) is 0 Å². The lowest BCUT2D eigenvalue weighted by Gasteiger charge is -2.28. The van der Waals surface area contributed by atoms with Gasteiger partial charge in [-0.05, 0) is 51.4 Å². The fourth-order valence-electron chi connectivity index (χ4n) is 11.9. The van der Waals surface area contributed by atoms with Crippen LogP contribution in [0.5, 0.6) is 0 Å². The number of unbranched alkanes of at least 4 members (excludes halogenated alkanes) is 52. The zero-order chi connectivity index (χ0) is 65.5. The molecular formula is C80H152NO8P. The Hall–Kier alpha value is -2.03. The van der Waals surface area contributed by atoms with Crippen molar-refractivity contribution in [1.29, 1.82) is 0 Å². The van der Waals surface area contributed by atoms with E-state index in [1.807, 2.05) is 21.1 Å². The summed E-state index contributed by atoms with van der Waals surface area (Å²) in [5.41, 5.74) is 0. The second-order valence-corrected chi connectivity index (χ2v) is 29.5. The van der Waals surface area contributed by atoms with Gasteiger partial charge in [-0.1, -0.05) is 383 Å². The molecule has 2 atom stereocenters. The molecule has 10 heteroatoms. The predicted octanol–water partition coefficient (Wildman–Crippen LogP) is 25.3. The van der Waals surface area contributed by atoms with Gasteiger partial charge in [0.1, 0.15) is 19.8 Å². The average molecular weight is 1290 g/mol. The van der Waals surface area contributed by atoms with Gasteiger partial charge in [0.15, 0.2) is 6.10 Å². The van der Waals surface area contributed by atoms with Crippen LogP contribution in [0, 0.1) is 0 Å². The highest BCUT2D eigenvalue weighted by atomic mass is 31.2. The monoisotopic (exact) mass is 1290 g/mol. The lowest BCUT2D eigenvalue weighted by atomic mass is 10.0. The van der Waals surface area contributed by atoms with E-state index in [9.17, 15) is 19.0 Å². The average Bonchev–Trinajstić information content (AvgIpc) is 3.58. The van der Waals surface area contributed by atoms with Crippen molar-refractivity contribution in [2.24, 2.45) is 0 Å². The van der Waals surface area contributed by atoms with Crippen molar-refractivity contribution in [2.75, 3.05) is 47.5 Å². The molecule has 0 saturated carbocycles. The smallest absolute Gasteiger partial charge is 0.306 e. The number of phosphoric ester groups is 1. The fourth-order valence-corrected chi connectivity index (χ4v) is 12.6. The van der Waals surface area contributed by atoms with Crippen molar-refractivity contribution in [2.45, 2.75) is 405 Å². The highest BCUT2D eigenvalue weighted by molar-refractivity contribution is 7.45. The largest absolute Gasteiger partial charge is 0.756 e. The van der Waals surface area contributed by atoms with Gasteiger partial charge in [-0.3, -0.25) is 14.2 Å². The normalized spacial score (nSPS) is 13.3. The Bertz CT molecular complexity index is 1660. The minimum atomic E-state index is -4.64. The van der Waals surface area contributed by atoms with Gasteiger partial charge in [0.05, 0.1) is 27.7 Å². The van der Waals surface area contributed by atoms with Crippen LogP contribution >= 0.6 is 7.82 Å². The van der Waals surface area contributed by atoms with E-state index in [1.54, 1.807) is 0 Å². The summed E-state index contributed by atoms with van der Waals surface area (Å²) in [5, 5.41) is 0. The van der Waals surface area contributed by atoms with Gasteiger partial charge in [0, 0.05) is 12.8 Å². The molecule has 0 rings (SSSR count). The van der Waals surface area contributed by atoms with E-state index in [0.717, 1.165) is 57.8 Å². The molecule has 0 aliphatic carbocycles. The van der Waals surface area contributed by atoms with Crippen LogP contribution < -0.4 is 4.89 Å². The Morgan fingerprint density at radius 2 is 0.633 bits per heavy atom. The first kappa shape index (κ1) is 88.0. The predicted molar refractivity (Wildman–Crippen MR) is 388 cm³/mol. The number of carbonyl (C=O) groups excluding carboxylic acids is 2. The molecular weight excluding hydrogens is 1130 g/mol. The number of rotatable bonds is 74. The molecule has 9 nitrogen and oxygen atoms in total. The molecule has 0 aliphatic rings. The number of esters is 2. The highest BCUT2D eigenvalue weighted by Crippen LogP contribution is 2.38. The molecule has 0 aromatic carbocycles. The summed E-state index contributed by atoms with van der Waals surface area (Å²) in [6.07, 6.45) is 93.8. The third-order valence-electron chi connectivity index (χ3n) is 17.9. The van der Waals surface area contributed by atoms with E-state index in [1.165, 1.54) is 308 Å². The van der Waals surface area contributed by atoms with Gasteiger partial charge >= 0.3 is 11.9 Å². The zero-order valence-electron chi connectivity index (χ0n) is 60.6. The van der Waals surface area contributed by atoms with Gasteiger partial charge in [-0.2, -0.15) is 0 Å². The standard InChI is InChI=1S/C80H152NO8P/c1-6-8-10-12-14-16-18-20-22-24-26-28-30-32-34-36-38-40-42-44-46-48-50-52-54-56-58-60-62-64-66-68-70-72-79(82)86-76-78(77-88-90(84,85)87-75-74-81(3,4)5)89-80(83)73-71-69-67-65-63-61-59-57-55-53-51-49-47-45-43-41-39-37-35-33-31-29-27-25-23-21-19-17-15-13-11-9-7-2/h9,11,15,17,21,23,27,29,78H,6-8,10,12-14,16,18-20,22,24-26,28,30-77H2,1-5H3/b11-9-,17-15-,23-21-,29-27-. The second-order valence-electron chi connectivity index (χ2n) is 28.1. The van der Waals surface area contributed by atoms with Crippen LogP contribution in [0.3, 0.4) is 0 Å². The number of phosphoric acid groups is 1. The Morgan fingerprint density at radius 3 is 0.944 bits per heavy atom. The first-order valence-corrected chi connectivity index (χ1v) is 40.8. The molecule has 2 unspecified atom stereocenters. The zero-order valence-corrected chi connectivity index (χ0v) is 61.5. The van der Waals surface area contributed by atoms with Crippen LogP contribution in [-0.4, -0.2) is 70.0 Å². The Kier molecular flexibility index (Phi) is 69.7. The molecule has 530 valence electrons. The van der Waals surface area contributed by atoms with Crippen molar-refractivity contribution in [1.82, 2.24) is 0 Å². The third kappa shape index (κ3) is 75.0. The molecule has 0 fully saturated rings. The molecule has 0 aromatic heterocycles. The van der Waals surface area contributed by atoms with E-state index >= 15 is 0 Å².